The standard InChI is InChI=1S/C13H11ClN4OS/c1-19-9-5-3-8(4-6-9)18-12-10(7-15-18)11(14)16-13(17-12)20-2/h3-7H,1-2H3. The van der Waals surface area contributed by atoms with Gasteiger partial charge in [0, 0.05) is 0 Å². The maximum atomic E-state index is 6.15. The van der Waals surface area contributed by atoms with E-state index in [0.717, 1.165) is 16.8 Å². The molecule has 0 radical (unpaired) electrons. The van der Waals surface area contributed by atoms with Crippen LogP contribution in [0.15, 0.2) is 35.6 Å². The van der Waals surface area contributed by atoms with Crippen molar-refractivity contribution in [3.63, 3.8) is 0 Å². The highest BCUT2D eigenvalue weighted by molar-refractivity contribution is 7.98. The summed E-state index contributed by atoms with van der Waals surface area (Å²) in [4.78, 5) is 8.67. The molecule has 5 nitrogen and oxygen atoms in total. The van der Waals surface area contributed by atoms with Crippen LogP contribution in [-0.4, -0.2) is 33.1 Å². The first-order valence-electron chi connectivity index (χ1n) is 5.82. The zero-order valence-electron chi connectivity index (χ0n) is 10.9. The number of benzene rings is 1. The van der Waals surface area contributed by atoms with Crippen molar-refractivity contribution >= 4 is 34.4 Å². The van der Waals surface area contributed by atoms with Crippen molar-refractivity contribution in [2.24, 2.45) is 0 Å². The molecular weight excluding hydrogens is 296 g/mol. The highest BCUT2D eigenvalue weighted by atomic mass is 35.5. The van der Waals surface area contributed by atoms with Crippen LogP contribution in [0.25, 0.3) is 16.7 Å². The lowest BCUT2D eigenvalue weighted by atomic mass is 10.3. The van der Waals surface area contributed by atoms with Crippen LogP contribution in [0.3, 0.4) is 0 Å². The van der Waals surface area contributed by atoms with Crippen molar-refractivity contribution in [2.45, 2.75) is 5.16 Å². The van der Waals surface area contributed by atoms with Gasteiger partial charge in [0.15, 0.2) is 10.8 Å². The maximum Gasteiger partial charge on any atom is 0.190 e. The molecule has 0 bridgehead atoms. The van der Waals surface area contributed by atoms with E-state index in [-0.39, 0.29) is 0 Å². The number of fused-ring (bicyclic) bond motifs is 1. The average molecular weight is 307 g/mol. The lowest BCUT2D eigenvalue weighted by Crippen LogP contribution is -1.99. The Morgan fingerprint density at radius 3 is 2.60 bits per heavy atom. The summed E-state index contributed by atoms with van der Waals surface area (Å²) >= 11 is 7.60. The summed E-state index contributed by atoms with van der Waals surface area (Å²) < 4.78 is 6.89. The molecule has 0 aliphatic carbocycles. The normalized spacial score (nSPS) is 10.9. The number of rotatable bonds is 3. The van der Waals surface area contributed by atoms with Crippen LogP contribution in [0.1, 0.15) is 0 Å². The molecule has 0 atom stereocenters. The summed E-state index contributed by atoms with van der Waals surface area (Å²) in [5.74, 6) is 0.794. The van der Waals surface area contributed by atoms with Gasteiger partial charge < -0.3 is 4.74 Å². The lowest BCUT2D eigenvalue weighted by Gasteiger charge is -2.05. The molecule has 0 spiro atoms. The highest BCUT2D eigenvalue weighted by Gasteiger charge is 2.12. The third-order valence-electron chi connectivity index (χ3n) is 2.86. The van der Waals surface area contributed by atoms with E-state index < -0.39 is 0 Å². The molecule has 3 rings (SSSR count). The fraction of sp³-hybridized carbons (Fsp3) is 0.154. The molecule has 2 heterocycles. The monoisotopic (exact) mass is 306 g/mol. The van der Waals surface area contributed by atoms with Gasteiger partial charge in [0.25, 0.3) is 0 Å². The fourth-order valence-corrected chi connectivity index (χ4v) is 2.48. The highest BCUT2D eigenvalue weighted by Crippen LogP contribution is 2.25. The minimum absolute atomic E-state index is 0.416. The van der Waals surface area contributed by atoms with E-state index in [1.807, 2.05) is 30.5 Å². The summed E-state index contributed by atoms with van der Waals surface area (Å²) in [7, 11) is 1.63. The third kappa shape index (κ3) is 2.21. The molecular formula is C13H11ClN4OS. The summed E-state index contributed by atoms with van der Waals surface area (Å²) in [6, 6.07) is 7.59. The molecule has 0 unspecified atom stereocenters. The number of hydrogen-bond acceptors (Lipinski definition) is 5. The quantitative estimate of drug-likeness (QED) is 0.422. The number of hydrogen-bond donors (Lipinski definition) is 0. The van der Waals surface area contributed by atoms with E-state index in [4.69, 9.17) is 16.3 Å². The average Bonchev–Trinajstić information content (AvgIpc) is 2.91. The second-order valence-electron chi connectivity index (χ2n) is 3.99. The van der Waals surface area contributed by atoms with E-state index in [1.54, 1.807) is 18.0 Å². The zero-order valence-corrected chi connectivity index (χ0v) is 12.4. The molecule has 2 aromatic heterocycles. The van der Waals surface area contributed by atoms with Crippen molar-refractivity contribution in [3.8, 4) is 11.4 Å². The molecule has 1 aromatic carbocycles. The zero-order chi connectivity index (χ0) is 14.1. The number of aromatic nitrogens is 4. The molecule has 0 amide bonds. The van der Waals surface area contributed by atoms with E-state index in [1.165, 1.54) is 11.8 Å². The number of halogens is 1. The van der Waals surface area contributed by atoms with Crippen molar-refractivity contribution < 1.29 is 4.74 Å². The van der Waals surface area contributed by atoms with E-state index in [2.05, 4.69) is 15.1 Å². The molecule has 3 aromatic rings. The number of nitrogens with zero attached hydrogens (tertiary/aromatic N) is 4. The Hall–Kier alpha value is -1.79. The predicted molar refractivity (Wildman–Crippen MR) is 80.0 cm³/mol. The smallest absolute Gasteiger partial charge is 0.190 e. The summed E-state index contributed by atoms with van der Waals surface area (Å²) in [5, 5.41) is 6.11. The van der Waals surface area contributed by atoms with Crippen molar-refractivity contribution in [1.82, 2.24) is 19.7 Å². The van der Waals surface area contributed by atoms with Crippen LogP contribution < -0.4 is 4.74 Å². The lowest BCUT2D eigenvalue weighted by molar-refractivity contribution is 0.414. The topological polar surface area (TPSA) is 52.8 Å². The Morgan fingerprint density at radius 2 is 1.95 bits per heavy atom. The maximum absolute atomic E-state index is 6.15. The van der Waals surface area contributed by atoms with Gasteiger partial charge in [-0.3, -0.25) is 0 Å². The molecule has 20 heavy (non-hydrogen) atoms. The van der Waals surface area contributed by atoms with Crippen LogP contribution in [0, 0.1) is 0 Å². The van der Waals surface area contributed by atoms with Crippen LogP contribution in [-0.2, 0) is 0 Å². The van der Waals surface area contributed by atoms with Crippen LogP contribution >= 0.6 is 23.4 Å². The summed E-state index contributed by atoms with van der Waals surface area (Å²) in [6.07, 6.45) is 3.58. The molecule has 7 heteroatoms. The molecule has 0 saturated carbocycles. The van der Waals surface area contributed by atoms with Gasteiger partial charge in [-0.1, -0.05) is 23.4 Å². The second-order valence-corrected chi connectivity index (χ2v) is 5.12. The van der Waals surface area contributed by atoms with Crippen LogP contribution in [0.5, 0.6) is 5.75 Å². The van der Waals surface area contributed by atoms with Crippen molar-refractivity contribution in [1.29, 1.82) is 0 Å². The fourth-order valence-electron chi connectivity index (χ4n) is 1.86. The van der Waals surface area contributed by atoms with Gasteiger partial charge in [-0.05, 0) is 30.5 Å². The van der Waals surface area contributed by atoms with Gasteiger partial charge >= 0.3 is 0 Å². The van der Waals surface area contributed by atoms with Gasteiger partial charge in [-0.2, -0.15) is 5.10 Å². The largest absolute Gasteiger partial charge is 0.497 e. The van der Waals surface area contributed by atoms with Gasteiger partial charge in [0.1, 0.15) is 10.9 Å². The van der Waals surface area contributed by atoms with Crippen molar-refractivity contribution in [3.05, 3.63) is 35.6 Å². The summed E-state index contributed by atoms with van der Waals surface area (Å²) in [6.45, 7) is 0. The minimum Gasteiger partial charge on any atom is -0.497 e. The second kappa shape index (κ2) is 5.30. The Balaban J connectivity index is 2.17. The molecule has 0 fully saturated rings. The third-order valence-corrected chi connectivity index (χ3v) is 3.70. The number of methoxy groups -OCH3 is 1. The SMILES string of the molecule is COc1ccc(-n2ncc3c(Cl)nc(SC)nc32)cc1. The van der Waals surface area contributed by atoms with Gasteiger partial charge in [-0.15, -0.1) is 0 Å². The predicted octanol–water partition coefficient (Wildman–Crippen LogP) is 3.20. The Bertz CT molecular complexity index is 757. The van der Waals surface area contributed by atoms with Crippen LogP contribution in [0.2, 0.25) is 5.15 Å². The Kier molecular flexibility index (Phi) is 3.50. The minimum atomic E-state index is 0.416. The first-order valence-corrected chi connectivity index (χ1v) is 7.43. The molecule has 102 valence electrons. The number of thioether (sulfide) groups is 1. The Morgan fingerprint density at radius 1 is 1.20 bits per heavy atom. The van der Waals surface area contributed by atoms with E-state index >= 15 is 0 Å². The molecule has 0 aliphatic heterocycles. The van der Waals surface area contributed by atoms with Gasteiger partial charge in [0.2, 0.25) is 0 Å². The van der Waals surface area contributed by atoms with Gasteiger partial charge in [-0.25, -0.2) is 14.6 Å². The summed E-state index contributed by atoms with van der Waals surface area (Å²) in [5.41, 5.74) is 1.59. The molecule has 0 saturated heterocycles. The van der Waals surface area contributed by atoms with E-state index in [0.29, 0.717) is 16.0 Å². The first kappa shape index (κ1) is 13.2. The first-order chi connectivity index (χ1) is 9.72. The van der Waals surface area contributed by atoms with E-state index in [9.17, 15) is 0 Å². The number of ether oxygens (including phenoxy) is 1. The van der Waals surface area contributed by atoms with Gasteiger partial charge in [0.05, 0.1) is 24.4 Å². The van der Waals surface area contributed by atoms with Crippen molar-refractivity contribution in [2.75, 3.05) is 13.4 Å². The molecule has 0 aliphatic rings. The van der Waals surface area contributed by atoms with Crippen LogP contribution in [0.4, 0.5) is 0 Å². The Labute approximate surface area is 124 Å². The molecule has 0 N–H and O–H groups in total.